The quantitative estimate of drug-likeness (QED) is 0.742. The zero-order valence-corrected chi connectivity index (χ0v) is 12.3. The molecular formula is C18H19NO2. The predicted molar refractivity (Wildman–Crippen MR) is 84.4 cm³/mol. The fourth-order valence-electron chi connectivity index (χ4n) is 2.91. The van der Waals surface area contributed by atoms with Crippen LogP contribution in [0.1, 0.15) is 24.5 Å². The number of esters is 1. The van der Waals surface area contributed by atoms with Gasteiger partial charge in [-0.2, -0.15) is 0 Å². The van der Waals surface area contributed by atoms with E-state index in [1.165, 1.54) is 29.4 Å². The molecule has 0 bridgehead atoms. The summed E-state index contributed by atoms with van der Waals surface area (Å²) in [5, 5.41) is 3.26. The number of fused-ring (bicyclic) bond motifs is 3. The standard InChI is InChI=1S/C18H19NO2/c1-3-17(18(20)21-2)19-14-8-9-16-13(11-14)10-12-6-4-5-7-15(12)16/h4-9,11,17,19H,3,10H2,1-2H3. The molecule has 0 heterocycles. The Hall–Kier alpha value is -2.29. The Balaban J connectivity index is 1.85. The maximum absolute atomic E-state index is 11.7. The summed E-state index contributed by atoms with van der Waals surface area (Å²) in [6.07, 6.45) is 1.65. The van der Waals surface area contributed by atoms with Gasteiger partial charge < -0.3 is 10.1 Å². The monoisotopic (exact) mass is 281 g/mol. The second-order valence-electron chi connectivity index (χ2n) is 5.33. The summed E-state index contributed by atoms with van der Waals surface area (Å²) < 4.78 is 4.82. The average Bonchev–Trinajstić information content (AvgIpc) is 2.89. The zero-order chi connectivity index (χ0) is 14.8. The molecule has 0 amide bonds. The molecule has 0 radical (unpaired) electrons. The van der Waals surface area contributed by atoms with E-state index in [0.717, 1.165) is 12.1 Å². The summed E-state index contributed by atoms with van der Waals surface area (Å²) in [7, 11) is 1.42. The molecule has 0 aromatic heterocycles. The van der Waals surface area contributed by atoms with Gasteiger partial charge in [-0.1, -0.05) is 37.3 Å². The first kappa shape index (κ1) is 13.7. The minimum atomic E-state index is -0.295. The Bertz CT molecular complexity index is 679. The molecule has 1 atom stereocenters. The molecule has 0 aliphatic heterocycles. The van der Waals surface area contributed by atoms with Crippen LogP contribution in [-0.4, -0.2) is 19.1 Å². The first-order valence-corrected chi connectivity index (χ1v) is 7.28. The maximum atomic E-state index is 11.7. The number of carbonyl (C=O) groups is 1. The lowest BCUT2D eigenvalue weighted by molar-refractivity contribution is -0.141. The van der Waals surface area contributed by atoms with Crippen molar-refractivity contribution in [3.63, 3.8) is 0 Å². The molecule has 1 N–H and O–H groups in total. The number of rotatable bonds is 4. The lowest BCUT2D eigenvalue weighted by Crippen LogP contribution is -2.29. The van der Waals surface area contributed by atoms with Crippen molar-refractivity contribution in [2.75, 3.05) is 12.4 Å². The van der Waals surface area contributed by atoms with Crippen molar-refractivity contribution in [3.8, 4) is 11.1 Å². The van der Waals surface area contributed by atoms with Crippen LogP contribution in [0, 0.1) is 0 Å². The number of hydrogen-bond acceptors (Lipinski definition) is 3. The fraction of sp³-hybridized carbons (Fsp3) is 0.278. The van der Waals surface area contributed by atoms with Gasteiger partial charge in [-0.3, -0.25) is 0 Å². The molecule has 1 aliphatic rings. The third-order valence-electron chi connectivity index (χ3n) is 4.03. The van der Waals surface area contributed by atoms with E-state index in [1.807, 2.05) is 13.0 Å². The molecule has 1 unspecified atom stereocenters. The first-order valence-electron chi connectivity index (χ1n) is 7.28. The van der Waals surface area contributed by atoms with E-state index < -0.39 is 0 Å². The molecule has 0 spiro atoms. The van der Waals surface area contributed by atoms with Crippen molar-refractivity contribution in [3.05, 3.63) is 53.6 Å². The second-order valence-corrected chi connectivity index (χ2v) is 5.33. The number of anilines is 1. The van der Waals surface area contributed by atoms with Gasteiger partial charge in [-0.15, -0.1) is 0 Å². The van der Waals surface area contributed by atoms with Crippen molar-refractivity contribution < 1.29 is 9.53 Å². The summed E-state index contributed by atoms with van der Waals surface area (Å²) in [5.74, 6) is -0.221. The lowest BCUT2D eigenvalue weighted by Gasteiger charge is -2.16. The van der Waals surface area contributed by atoms with E-state index in [2.05, 4.69) is 41.7 Å². The van der Waals surface area contributed by atoms with Crippen molar-refractivity contribution in [1.82, 2.24) is 0 Å². The zero-order valence-electron chi connectivity index (χ0n) is 12.3. The van der Waals surface area contributed by atoms with Crippen LogP contribution in [0.2, 0.25) is 0 Å². The molecule has 0 saturated heterocycles. The van der Waals surface area contributed by atoms with Crippen LogP contribution < -0.4 is 5.32 Å². The molecule has 1 aliphatic carbocycles. The first-order chi connectivity index (χ1) is 10.2. The number of ether oxygens (including phenoxy) is 1. The van der Waals surface area contributed by atoms with Crippen LogP contribution in [0.4, 0.5) is 5.69 Å². The molecular weight excluding hydrogens is 262 g/mol. The highest BCUT2D eigenvalue weighted by atomic mass is 16.5. The highest BCUT2D eigenvalue weighted by Crippen LogP contribution is 2.37. The Labute approximate surface area is 124 Å². The van der Waals surface area contributed by atoms with Crippen LogP contribution >= 0.6 is 0 Å². The number of hydrogen-bond donors (Lipinski definition) is 1. The van der Waals surface area contributed by atoms with Gasteiger partial charge in [-0.05, 0) is 47.2 Å². The van der Waals surface area contributed by atoms with E-state index >= 15 is 0 Å². The van der Waals surface area contributed by atoms with E-state index in [9.17, 15) is 4.79 Å². The normalized spacial score (nSPS) is 13.2. The number of methoxy groups -OCH3 is 1. The van der Waals surface area contributed by atoms with E-state index in [-0.39, 0.29) is 12.0 Å². The second kappa shape index (κ2) is 5.60. The van der Waals surface area contributed by atoms with Gasteiger partial charge in [0.1, 0.15) is 6.04 Å². The van der Waals surface area contributed by atoms with Gasteiger partial charge in [0, 0.05) is 5.69 Å². The fourth-order valence-corrected chi connectivity index (χ4v) is 2.91. The van der Waals surface area contributed by atoms with Gasteiger partial charge in [0.2, 0.25) is 0 Å². The molecule has 3 heteroatoms. The number of nitrogens with one attached hydrogen (secondary N) is 1. The Morgan fingerprint density at radius 2 is 1.95 bits per heavy atom. The third kappa shape index (κ3) is 2.51. The largest absolute Gasteiger partial charge is 0.467 e. The third-order valence-corrected chi connectivity index (χ3v) is 4.03. The minimum absolute atomic E-state index is 0.221. The van der Waals surface area contributed by atoms with E-state index in [0.29, 0.717) is 6.42 Å². The summed E-state index contributed by atoms with van der Waals surface area (Å²) in [6, 6.07) is 14.5. The Kier molecular flexibility index (Phi) is 3.65. The van der Waals surface area contributed by atoms with Crippen LogP contribution in [0.5, 0.6) is 0 Å². The highest BCUT2D eigenvalue weighted by Gasteiger charge is 2.20. The lowest BCUT2D eigenvalue weighted by atomic mass is 10.1. The van der Waals surface area contributed by atoms with Crippen molar-refractivity contribution >= 4 is 11.7 Å². The topological polar surface area (TPSA) is 38.3 Å². The SMILES string of the molecule is CCC(Nc1ccc2c(c1)Cc1ccccc1-2)C(=O)OC. The summed E-state index contributed by atoms with van der Waals surface area (Å²) in [5.41, 5.74) is 6.26. The minimum Gasteiger partial charge on any atom is -0.467 e. The van der Waals surface area contributed by atoms with Crippen molar-refractivity contribution in [2.24, 2.45) is 0 Å². The number of carbonyl (C=O) groups excluding carboxylic acids is 1. The van der Waals surface area contributed by atoms with Crippen LogP contribution in [0.15, 0.2) is 42.5 Å². The van der Waals surface area contributed by atoms with Gasteiger partial charge >= 0.3 is 5.97 Å². The van der Waals surface area contributed by atoms with Gasteiger partial charge in [0.25, 0.3) is 0 Å². The van der Waals surface area contributed by atoms with E-state index in [1.54, 1.807) is 0 Å². The summed E-state index contributed by atoms with van der Waals surface area (Å²) in [6.45, 7) is 1.97. The summed E-state index contributed by atoms with van der Waals surface area (Å²) in [4.78, 5) is 11.7. The predicted octanol–water partition coefficient (Wildman–Crippen LogP) is 3.62. The molecule has 0 saturated carbocycles. The smallest absolute Gasteiger partial charge is 0.328 e. The van der Waals surface area contributed by atoms with Gasteiger partial charge in [0.15, 0.2) is 0 Å². The average molecular weight is 281 g/mol. The van der Waals surface area contributed by atoms with Crippen molar-refractivity contribution in [2.45, 2.75) is 25.8 Å². The van der Waals surface area contributed by atoms with Crippen LogP contribution in [0.25, 0.3) is 11.1 Å². The van der Waals surface area contributed by atoms with Crippen molar-refractivity contribution in [1.29, 1.82) is 0 Å². The summed E-state index contributed by atoms with van der Waals surface area (Å²) >= 11 is 0. The molecule has 3 rings (SSSR count). The Morgan fingerprint density at radius 1 is 1.19 bits per heavy atom. The van der Waals surface area contributed by atoms with Gasteiger partial charge in [-0.25, -0.2) is 4.79 Å². The molecule has 2 aromatic carbocycles. The molecule has 108 valence electrons. The Morgan fingerprint density at radius 3 is 2.71 bits per heavy atom. The van der Waals surface area contributed by atoms with E-state index in [4.69, 9.17) is 4.74 Å². The van der Waals surface area contributed by atoms with Crippen LogP contribution in [-0.2, 0) is 16.0 Å². The molecule has 0 fully saturated rings. The molecule has 2 aromatic rings. The molecule has 21 heavy (non-hydrogen) atoms. The number of benzene rings is 2. The maximum Gasteiger partial charge on any atom is 0.328 e. The highest BCUT2D eigenvalue weighted by molar-refractivity contribution is 5.81. The van der Waals surface area contributed by atoms with Gasteiger partial charge in [0.05, 0.1) is 7.11 Å². The molecule has 3 nitrogen and oxygen atoms in total. The van der Waals surface area contributed by atoms with Crippen LogP contribution in [0.3, 0.4) is 0 Å².